The first-order valence-corrected chi connectivity index (χ1v) is 14.9. The van der Waals surface area contributed by atoms with Crippen molar-refractivity contribution < 1.29 is 27.9 Å². The molecule has 3 atom stereocenters. The number of urea groups is 1. The van der Waals surface area contributed by atoms with Crippen molar-refractivity contribution in [3.8, 4) is 5.75 Å². The number of carbonyl (C=O) groups excluding carboxylic acids is 2. The van der Waals surface area contributed by atoms with Crippen LogP contribution in [0.3, 0.4) is 0 Å². The van der Waals surface area contributed by atoms with Crippen molar-refractivity contribution in [1.82, 2.24) is 9.21 Å². The van der Waals surface area contributed by atoms with Gasteiger partial charge in [0, 0.05) is 35.9 Å². The van der Waals surface area contributed by atoms with Gasteiger partial charge in [-0.3, -0.25) is 4.79 Å². The zero-order chi connectivity index (χ0) is 29.7. The molecule has 0 radical (unpaired) electrons. The predicted molar refractivity (Wildman–Crippen MR) is 158 cm³/mol. The maximum absolute atomic E-state index is 13.7. The molecule has 0 fully saturated rings. The summed E-state index contributed by atoms with van der Waals surface area (Å²) in [5.74, 6) is -0.424. The summed E-state index contributed by atoms with van der Waals surface area (Å²) in [6.45, 7) is 3.55. The van der Waals surface area contributed by atoms with Gasteiger partial charge in [0.05, 0.1) is 29.7 Å². The number of fused-ring (bicyclic) bond motifs is 1. The first kappa shape index (κ1) is 30.3. The molecule has 4 rings (SSSR count). The average Bonchev–Trinajstić information content (AvgIpc) is 2.95. The monoisotopic (exact) mass is 600 g/mol. The van der Waals surface area contributed by atoms with Crippen LogP contribution >= 0.6 is 11.6 Å². The topological polar surface area (TPSA) is 128 Å². The lowest BCUT2D eigenvalue weighted by molar-refractivity contribution is 0.0387. The third-order valence-corrected chi connectivity index (χ3v) is 9.00. The van der Waals surface area contributed by atoms with Crippen LogP contribution in [-0.4, -0.2) is 73.6 Å². The summed E-state index contributed by atoms with van der Waals surface area (Å²) in [4.78, 5) is 27.9. The third kappa shape index (κ3) is 7.17. The van der Waals surface area contributed by atoms with Crippen molar-refractivity contribution in [3.63, 3.8) is 0 Å². The van der Waals surface area contributed by atoms with Crippen LogP contribution < -0.4 is 15.4 Å². The van der Waals surface area contributed by atoms with Gasteiger partial charge in [-0.15, -0.1) is 0 Å². The lowest BCUT2D eigenvalue weighted by Crippen LogP contribution is -2.50. The number of halogens is 1. The molecule has 3 N–H and O–H groups in total. The van der Waals surface area contributed by atoms with Crippen LogP contribution in [0.25, 0.3) is 0 Å². The lowest BCUT2D eigenvalue weighted by atomic mass is 9.99. The Balaban J connectivity index is 1.61. The van der Waals surface area contributed by atoms with E-state index in [4.69, 9.17) is 16.3 Å². The molecule has 41 heavy (non-hydrogen) atoms. The Labute approximate surface area is 244 Å². The van der Waals surface area contributed by atoms with Crippen molar-refractivity contribution in [2.24, 2.45) is 5.92 Å². The Hall–Kier alpha value is -3.64. The Morgan fingerprint density at radius 2 is 1.76 bits per heavy atom. The molecule has 0 unspecified atom stereocenters. The number of nitrogens with one attached hydrogen (secondary N) is 2. The fourth-order valence-electron chi connectivity index (χ4n) is 4.47. The van der Waals surface area contributed by atoms with Gasteiger partial charge in [-0.2, -0.15) is 4.31 Å². The lowest BCUT2D eigenvalue weighted by Gasteiger charge is -2.38. The smallest absolute Gasteiger partial charge is 0.323 e. The van der Waals surface area contributed by atoms with Crippen LogP contribution in [0, 0.1) is 5.92 Å². The number of rotatable bonds is 8. The van der Waals surface area contributed by atoms with Crippen LogP contribution in [0.2, 0.25) is 5.02 Å². The molecule has 12 heteroatoms. The molecule has 0 saturated heterocycles. The summed E-state index contributed by atoms with van der Waals surface area (Å²) in [5.41, 5.74) is 1.15. The number of aliphatic hydroxyl groups excluding tert-OH is 1. The van der Waals surface area contributed by atoms with Gasteiger partial charge in [0.2, 0.25) is 10.0 Å². The highest BCUT2D eigenvalue weighted by molar-refractivity contribution is 7.89. The zero-order valence-electron chi connectivity index (χ0n) is 23.0. The summed E-state index contributed by atoms with van der Waals surface area (Å²) in [6, 6.07) is 18.5. The summed E-state index contributed by atoms with van der Waals surface area (Å²) in [6.07, 6.45) is -0.637. The molecular weight excluding hydrogens is 568 g/mol. The van der Waals surface area contributed by atoms with Crippen molar-refractivity contribution in [1.29, 1.82) is 0 Å². The number of sulfonamides is 1. The van der Waals surface area contributed by atoms with Crippen LogP contribution in [0.15, 0.2) is 77.7 Å². The number of benzene rings is 3. The highest BCUT2D eigenvalue weighted by atomic mass is 35.5. The second-order valence-corrected chi connectivity index (χ2v) is 12.5. The number of amides is 3. The molecule has 3 aromatic rings. The van der Waals surface area contributed by atoms with E-state index in [1.165, 1.54) is 41.7 Å². The Morgan fingerprint density at radius 3 is 2.41 bits per heavy atom. The van der Waals surface area contributed by atoms with E-state index in [0.29, 0.717) is 16.4 Å². The number of anilines is 2. The van der Waals surface area contributed by atoms with Crippen LogP contribution in [-0.2, 0) is 10.0 Å². The number of carbonyl (C=O) groups is 2. The van der Waals surface area contributed by atoms with E-state index in [2.05, 4.69) is 10.6 Å². The molecule has 0 aromatic heterocycles. The van der Waals surface area contributed by atoms with Gasteiger partial charge in [0.25, 0.3) is 5.91 Å². The van der Waals surface area contributed by atoms with Crippen molar-refractivity contribution in [2.75, 3.05) is 37.4 Å². The van der Waals surface area contributed by atoms with Crippen LogP contribution in [0.1, 0.15) is 24.2 Å². The Morgan fingerprint density at radius 1 is 1.10 bits per heavy atom. The van der Waals surface area contributed by atoms with E-state index in [9.17, 15) is 23.1 Å². The molecule has 3 aromatic carbocycles. The Bertz CT molecular complexity index is 1490. The molecule has 1 aliphatic heterocycles. The molecule has 0 spiro atoms. The fraction of sp³-hybridized carbons (Fsp3) is 0.310. The molecule has 0 aliphatic carbocycles. The summed E-state index contributed by atoms with van der Waals surface area (Å²) >= 11 is 5.93. The predicted octanol–water partition coefficient (Wildman–Crippen LogP) is 4.52. The van der Waals surface area contributed by atoms with Gasteiger partial charge in [-0.05, 0) is 61.5 Å². The van der Waals surface area contributed by atoms with Gasteiger partial charge in [0.15, 0.2) is 0 Å². The fourth-order valence-corrected chi connectivity index (χ4v) is 5.78. The number of hydrogen-bond donors (Lipinski definition) is 3. The first-order valence-electron chi connectivity index (χ1n) is 13.1. The zero-order valence-corrected chi connectivity index (χ0v) is 24.5. The minimum atomic E-state index is -3.85. The highest BCUT2D eigenvalue weighted by Gasteiger charge is 2.35. The molecule has 218 valence electrons. The van der Waals surface area contributed by atoms with E-state index in [1.54, 1.807) is 48.2 Å². The summed E-state index contributed by atoms with van der Waals surface area (Å²) < 4.78 is 34.0. The molecule has 1 aliphatic rings. The Kier molecular flexibility index (Phi) is 9.54. The van der Waals surface area contributed by atoms with Crippen molar-refractivity contribution in [2.45, 2.75) is 30.9 Å². The van der Waals surface area contributed by atoms with Gasteiger partial charge in [-0.1, -0.05) is 36.7 Å². The quantitative estimate of drug-likeness (QED) is 0.349. The number of nitrogens with zero attached hydrogens (tertiary/aromatic N) is 2. The number of hydrogen-bond acceptors (Lipinski definition) is 6. The SMILES string of the molecule is C[C@@H]1CN([C@H](C)CO)C(=O)c2cc(NC(=O)Nc3ccccc3)ccc2O[C@@H]1CN(C)S(=O)(=O)c1ccc(Cl)cc1. The first-order chi connectivity index (χ1) is 19.5. The standard InChI is InChI=1S/C29H33ClN4O6S/c1-19-16-34(20(2)18-35)28(36)25-15-23(32-29(37)31-22-7-5-4-6-8-22)11-14-26(25)40-27(19)17-33(3)41(38,39)24-12-9-21(30)10-13-24/h4-15,19-20,27,35H,16-18H2,1-3H3,(H2,31,32,37)/t19-,20-,27-/m1/s1. The normalized spacial score (nSPS) is 18.1. The number of ether oxygens (including phenoxy) is 1. The van der Waals surface area contributed by atoms with E-state index in [0.717, 1.165) is 0 Å². The van der Waals surface area contributed by atoms with Crippen molar-refractivity contribution in [3.05, 3.63) is 83.4 Å². The van der Waals surface area contributed by atoms with E-state index in [-0.39, 0.29) is 47.7 Å². The second-order valence-electron chi connectivity index (χ2n) is 10.0. The molecule has 0 bridgehead atoms. The van der Waals surface area contributed by atoms with Gasteiger partial charge >= 0.3 is 6.03 Å². The number of aliphatic hydroxyl groups is 1. The largest absolute Gasteiger partial charge is 0.488 e. The molecule has 1 heterocycles. The molecule has 10 nitrogen and oxygen atoms in total. The van der Waals surface area contributed by atoms with Gasteiger partial charge < -0.3 is 25.4 Å². The highest BCUT2D eigenvalue weighted by Crippen LogP contribution is 2.31. The maximum Gasteiger partial charge on any atom is 0.323 e. The average molecular weight is 601 g/mol. The number of para-hydroxylation sites is 1. The molecule has 0 saturated carbocycles. The number of likely N-dealkylation sites (N-methyl/N-ethyl adjacent to an activating group) is 1. The van der Waals surface area contributed by atoms with Crippen LogP contribution in [0.5, 0.6) is 5.75 Å². The minimum Gasteiger partial charge on any atom is -0.488 e. The van der Waals surface area contributed by atoms with Gasteiger partial charge in [-0.25, -0.2) is 13.2 Å². The maximum atomic E-state index is 13.7. The van der Waals surface area contributed by atoms with Crippen molar-refractivity contribution >= 4 is 44.9 Å². The van der Waals surface area contributed by atoms with E-state index < -0.39 is 28.2 Å². The summed E-state index contributed by atoms with van der Waals surface area (Å²) in [5, 5.41) is 15.8. The summed E-state index contributed by atoms with van der Waals surface area (Å²) in [7, 11) is -2.38. The molecular formula is C29H33ClN4O6S. The second kappa shape index (κ2) is 12.9. The van der Waals surface area contributed by atoms with Gasteiger partial charge in [0.1, 0.15) is 11.9 Å². The van der Waals surface area contributed by atoms with E-state index >= 15 is 0 Å². The molecule has 3 amide bonds. The third-order valence-electron chi connectivity index (χ3n) is 6.91. The van der Waals surface area contributed by atoms with E-state index in [1.807, 2.05) is 13.0 Å². The minimum absolute atomic E-state index is 0.000581. The van der Waals surface area contributed by atoms with Crippen LogP contribution in [0.4, 0.5) is 16.2 Å².